The highest BCUT2D eigenvalue weighted by Crippen LogP contribution is 2.46. The third-order valence-corrected chi connectivity index (χ3v) is 7.95. The molecule has 0 fully saturated rings. The summed E-state index contributed by atoms with van der Waals surface area (Å²) >= 11 is 2.75. The molecule has 0 radical (unpaired) electrons. The van der Waals surface area contributed by atoms with Gasteiger partial charge in [0.1, 0.15) is 4.70 Å². The van der Waals surface area contributed by atoms with Crippen molar-refractivity contribution in [2.45, 2.75) is 17.7 Å². The number of benzene rings is 2. The lowest BCUT2D eigenvalue weighted by atomic mass is 10.2. The summed E-state index contributed by atoms with van der Waals surface area (Å²) in [5, 5.41) is 1.22. The van der Waals surface area contributed by atoms with E-state index in [0.29, 0.717) is 21.2 Å². The molecule has 0 aliphatic carbocycles. The van der Waals surface area contributed by atoms with Crippen LogP contribution in [0.1, 0.15) is 11.9 Å². The van der Waals surface area contributed by atoms with Gasteiger partial charge in [0, 0.05) is 17.0 Å². The predicted molar refractivity (Wildman–Crippen MR) is 126 cm³/mol. The average Bonchev–Trinajstić information content (AvgIpc) is 3.18. The number of para-hydroxylation sites is 2. The Kier molecular flexibility index (Phi) is 6.18. The van der Waals surface area contributed by atoms with Crippen molar-refractivity contribution in [2.75, 3.05) is 10.8 Å². The van der Waals surface area contributed by atoms with E-state index in [9.17, 15) is 25.9 Å². The van der Waals surface area contributed by atoms with Crippen LogP contribution >= 0.6 is 23.1 Å². The molecule has 0 saturated carbocycles. The maximum Gasteiger partial charge on any atom is 0.326 e. The molecule has 1 aliphatic rings. The SMILES string of the molecule is CC(=Cc1sc2ccccc2[n+]1CS(=O)(=O)O)C=C1Sc2ccccc2N1CS(=O)(=O)O. The first kappa shape index (κ1) is 23.0. The number of thiazole rings is 1. The van der Waals surface area contributed by atoms with Crippen LogP contribution in [0.2, 0.25) is 0 Å². The normalized spacial score (nSPS) is 16.2. The summed E-state index contributed by atoms with van der Waals surface area (Å²) < 4.78 is 67.5. The summed E-state index contributed by atoms with van der Waals surface area (Å²) in [7, 11) is -8.53. The number of hydrogen-bond acceptors (Lipinski definition) is 7. The lowest BCUT2D eigenvalue weighted by Gasteiger charge is -2.18. The van der Waals surface area contributed by atoms with Crippen LogP contribution in [0.15, 0.2) is 70.1 Å². The maximum absolute atomic E-state index is 11.6. The Morgan fingerprint density at radius 1 is 1.03 bits per heavy atom. The summed E-state index contributed by atoms with van der Waals surface area (Å²) in [4.78, 5) is 2.38. The number of rotatable bonds is 6. The first-order valence-electron chi connectivity index (χ1n) is 9.26. The van der Waals surface area contributed by atoms with E-state index < -0.39 is 32.0 Å². The fourth-order valence-electron chi connectivity index (χ4n) is 3.34. The highest BCUT2D eigenvalue weighted by molar-refractivity contribution is 8.03. The van der Waals surface area contributed by atoms with Crippen molar-refractivity contribution >= 4 is 65.3 Å². The Balaban J connectivity index is 1.76. The largest absolute Gasteiger partial charge is 0.326 e. The molecule has 32 heavy (non-hydrogen) atoms. The second-order valence-corrected chi connectivity index (χ2v) is 12.1. The third kappa shape index (κ3) is 5.22. The number of hydrogen-bond donors (Lipinski definition) is 2. The molecule has 2 heterocycles. The average molecular weight is 512 g/mol. The van der Waals surface area contributed by atoms with E-state index in [4.69, 9.17) is 0 Å². The Morgan fingerprint density at radius 2 is 1.72 bits per heavy atom. The van der Waals surface area contributed by atoms with Crippen LogP contribution in [0.3, 0.4) is 0 Å². The molecular formula is C20H19N2O6S4+. The van der Waals surface area contributed by atoms with Crippen molar-refractivity contribution in [3.63, 3.8) is 0 Å². The molecule has 4 rings (SSSR count). The van der Waals surface area contributed by atoms with Crippen molar-refractivity contribution in [1.29, 1.82) is 0 Å². The summed E-state index contributed by atoms with van der Waals surface area (Å²) in [6.07, 6.45) is 3.55. The zero-order valence-corrected chi connectivity index (χ0v) is 20.0. The first-order chi connectivity index (χ1) is 15.0. The van der Waals surface area contributed by atoms with Gasteiger partial charge in [0.05, 0.1) is 10.7 Å². The molecule has 168 valence electrons. The topological polar surface area (TPSA) is 116 Å². The minimum atomic E-state index is -4.27. The smallest absolute Gasteiger partial charge is 0.317 e. The van der Waals surface area contributed by atoms with Gasteiger partial charge >= 0.3 is 10.1 Å². The van der Waals surface area contributed by atoms with Crippen LogP contribution in [0.5, 0.6) is 0 Å². The number of allylic oxidation sites excluding steroid dienone is 2. The maximum atomic E-state index is 11.6. The highest BCUT2D eigenvalue weighted by atomic mass is 32.2. The number of fused-ring (bicyclic) bond motifs is 2. The minimum absolute atomic E-state index is 0.582. The number of thioether (sulfide) groups is 1. The van der Waals surface area contributed by atoms with Crippen molar-refractivity contribution < 1.29 is 30.5 Å². The summed E-state index contributed by atoms with van der Waals surface area (Å²) in [6.45, 7) is 1.81. The van der Waals surface area contributed by atoms with E-state index in [-0.39, 0.29) is 0 Å². The number of anilines is 1. The molecule has 2 N–H and O–H groups in total. The van der Waals surface area contributed by atoms with Crippen molar-refractivity contribution in [3.8, 4) is 0 Å². The molecule has 12 heteroatoms. The molecule has 0 atom stereocenters. The van der Waals surface area contributed by atoms with E-state index in [2.05, 4.69) is 0 Å². The molecule has 0 unspecified atom stereocenters. The zero-order chi connectivity index (χ0) is 23.1. The first-order valence-corrected chi connectivity index (χ1v) is 14.1. The van der Waals surface area contributed by atoms with Gasteiger partial charge in [-0.3, -0.25) is 9.11 Å². The van der Waals surface area contributed by atoms with Crippen molar-refractivity contribution in [3.05, 3.63) is 70.2 Å². The molecule has 1 aromatic heterocycles. The summed E-state index contributed by atoms with van der Waals surface area (Å²) in [6, 6.07) is 14.6. The Morgan fingerprint density at radius 3 is 2.44 bits per heavy atom. The van der Waals surface area contributed by atoms with Gasteiger partial charge in [0.2, 0.25) is 5.52 Å². The fourth-order valence-corrected chi connectivity index (χ4v) is 7.06. The fraction of sp³-hybridized carbons (Fsp3) is 0.150. The van der Waals surface area contributed by atoms with Gasteiger partial charge < -0.3 is 4.90 Å². The van der Waals surface area contributed by atoms with Crippen LogP contribution in [-0.2, 0) is 26.1 Å². The molecule has 0 bridgehead atoms. The van der Waals surface area contributed by atoms with Crippen molar-refractivity contribution in [2.24, 2.45) is 0 Å². The van der Waals surface area contributed by atoms with Crippen LogP contribution in [0.4, 0.5) is 5.69 Å². The molecular weight excluding hydrogens is 492 g/mol. The Hall–Kier alpha value is -2.22. The van der Waals surface area contributed by atoms with E-state index in [1.807, 2.05) is 31.2 Å². The predicted octanol–water partition coefficient (Wildman–Crippen LogP) is 3.74. The molecule has 1 aliphatic heterocycles. The standard InChI is InChI=1S/C20H18N2O6S4/c1-14(10-19-21(12-31(23,24)25)15-6-2-4-8-17(15)29-19)11-20-22(13-32(26,27)28)16-7-3-5-9-18(16)30-20/h2-11H,12-13H2,1H3,(H-,23,24,25,26,27,28)/p+1. The second-order valence-electron chi connectivity index (χ2n) is 7.13. The third-order valence-electron chi connectivity index (χ3n) is 4.56. The summed E-state index contributed by atoms with van der Waals surface area (Å²) in [5.41, 5.74) is 2.09. The molecule has 3 aromatic rings. The van der Waals surface area contributed by atoms with Gasteiger partial charge in [-0.05, 0) is 36.8 Å². The van der Waals surface area contributed by atoms with Gasteiger partial charge in [-0.2, -0.15) is 21.4 Å². The molecule has 0 spiro atoms. The van der Waals surface area contributed by atoms with Gasteiger partial charge in [-0.15, -0.1) is 0 Å². The Bertz CT molecular complexity index is 1470. The number of aromatic nitrogens is 1. The second kappa shape index (κ2) is 8.61. The van der Waals surface area contributed by atoms with E-state index in [1.165, 1.54) is 32.6 Å². The Labute approximate surface area is 194 Å². The molecule has 0 saturated heterocycles. The van der Waals surface area contributed by atoms with Crippen molar-refractivity contribution in [1.82, 2.24) is 0 Å². The van der Waals surface area contributed by atoms with Gasteiger partial charge in [-0.25, -0.2) is 0 Å². The monoisotopic (exact) mass is 511 g/mol. The van der Waals surface area contributed by atoms with Crippen LogP contribution in [-0.4, -0.2) is 31.8 Å². The lowest BCUT2D eigenvalue weighted by Crippen LogP contribution is -2.39. The molecule has 2 aromatic carbocycles. The van der Waals surface area contributed by atoms with Crippen LogP contribution in [0.25, 0.3) is 16.3 Å². The van der Waals surface area contributed by atoms with E-state index >= 15 is 0 Å². The highest BCUT2D eigenvalue weighted by Gasteiger charge is 2.28. The van der Waals surface area contributed by atoms with E-state index in [1.54, 1.807) is 36.4 Å². The van der Waals surface area contributed by atoms with Gasteiger partial charge in [-0.1, -0.05) is 47.4 Å². The molecule has 8 nitrogen and oxygen atoms in total. The van der Waals surface area contributed by atoms with Gasteiger partial charge in [0.25, 0.3) is 21.0 Å². The zero-order valence-electron chi connectivity index (χ0n) is 16.7. The summed E-state index contributed by atoms with van der Waals surface area (Å²) in [5.74, 6) is -1.16. The van der Waals surface area contributed by atoms with Crippen LogP contribution in [0, 0.1) is 0 Å². The minimum Gasteiger partial charge on any atom is -0.317 e. The lowest BCUT2D eigenvalue weighted by molar-refractivity contribution is -0.649. The number of nitrogens with zero attached hydrogens (tertiary/aromatic N) is 2. The molecule has 0 amide bonds. The van der Waals surface area contributed by atoms with Gasteiger partial charge in [0.15, 0.2) is 5.88 Å². The van der Waals surface area contributed by atoms with Crippen LogP contribution < -0.4 is 9.47 Å². The van der Waals surface area contributed by atoms with E-state index in [0.717, 1.165) is 15.2 Å². The quantitative estimate of drug-likeness (QED) is 0.380.